The third-order valence-corrected chi connectivity index (χ3v) is 6.57. The molecule has 0 saturated carbocycles. The molecule has 5 amide bonds. The lowest BCUT2D eigenvalue weighted by molar-refractivity contribution is -0.141. The number of carbonyl (C=O) groups is 7. The summed E-state index contributed by atoms with van der Waals surface area (Å²) in [6.07, 6.45) is -1.68. The second-order valence-corrected chi connectivity index (χ2v) is 10.8. The highest BCUT2D eigenvalue weighted by Gasteiger charge is 2.33. The third-order valence-electron chi connectivity index (χ3n) is 6.57. The molecule has 1 aromatic carbocycles. The number of nitrogens with one attached hydrogen (secondary N) is 5. The van der Waals surface area contributed by atoms with Gasteiger partial charge in [-0.2, -0.15) is 0 Å². The molecule has 16 nitrogen and oxygen atoms in total. The van der Waals surface area contributed by atoms with Crippen molar-refractivity contribution in [3.63, 3.8) is 0 Å². The zero-order chi connectivity index (χ0) is 34.0. The lowest BCUT2D eigenvalue weighted by Crippen LogP contribution is -2.59. The number of fused-ring (bicyclic) bond motifs is 1. The van der Waals surface area contributed by atoms with Crippen LogP contribution in [-0.4, -0.2) is 75.9 Å². The van der Waals surface area contributed by atoms with Gasteiger partial charge < -0.3 is 41.2 Å². The minimum Gasteiger partial charge on any atom is -0.481 e. The van der Waals surface area contributed by atoms with Crippen LogP contribution in [0.3, 0.4) is 0 Å². The molecule has 1 aromatic heterocycles. The molecule has 0 bridgehead atoms. The van der Waals surface area contributed by atoms with Crippen molar-refractivity contribution in [3.05, 3.63) is 40.2 Å². The fourth-order valence-corrected chi connectivity index (χ4v) is 4.27. The van der Waals surface area contributed by atoms with Crippen LogP contribution in [0.1, 0.15) is 52.5 Å². The summed E-state index contributed by atoms with van der Waals surface area (Å²) < 4.78 is 5.16. The Kier molecular flexibility index (Phi) is 12.8. The molecule has 4 atom stereocenters. The second kappa shape index (κ2) is 16.0. The van der Waals surface area contributed by atoms with Crippen molar-refractivity contribution in [2.24, 2.45) is 5.92 Å². The Bertz CT molecular complexity index is 1530. The van der Waals surface area contributed by atoms with Crippen LogP contribution in [0.5, 0.6) is 0 Å². The van der Waals surface area contributed by atoms with Gasteiger partial charge in [0.1, 0.15) is 29.8 Å². The van der Waals surface area contributed by atoms with Gasteiger partial charge in [-0.15, -0.1) is 0 Å². The van der Waals surface area contributed by atoms with Gasteiger partial charge in [0.25, 0.3) is 0 Å². The summed E-state index contributed by atoms with van der Waals surface area (Å²) in [4.78, 5) is 97.8. The highest BCUT2D eigenvalue weighted by molar-refractivity contribution is 6.01. The maximum absolute atomic E-state index is 13.3. The molecule has 45 heavy (non-hydrogen) atoms. The predicted molar refractivity (Wildman–Crippen MR) is 159 cm³/mol. The molecule has 244 valence electrons. The molecule has 0 aliphatic carbocycles. The van der Waals surface area contributed by atoms with E-state index < -0.39 is 90.0 Å². The van der Waals surface area contributed by atoms with E-state index in [2.05, 4.69) is 26.6 Å². The lowest BCUT2D eigenvalue weighted by Gasteiger charge is -2.27. The smallest absolute Gasteiger partial charge is 0.336 e. The van der Waals surface area contributed by atoms with Gasteiger partial charge in [0.05, 0.1) is 6.42 Å². The average Bonchev–Trinajstić information content (AvgIpc) is 2.91. The first-order chi connectivity index (χ1) is 21.0. The van der Waals surface area contributed by atoms with E-state index in [9.17, 15) is 43.5 Å². The van der Waals surface area contributed by atoms with Crippen molar-refractivity contribution in [1.29, 1.82) is 0 Å². The first-order valence-electron chi connectivity index (χ1n) is 14.0. The Morgan fingerprint density at radius 3 is 2.02 bits per heavy atom. The van der Waals surface area contributed by atoms with E-state index in [1.54, 1.807) is 26.8 Å². The number of hydrogen-bond donors (Lipinski definition) is 7. The molecule has 0 radical (unpaired) electrons. The molecular weight excluding hydrogens is 594 g/mol. The zero-order valence-corrected chi connectivity index (χ0v) is 25.4. The third kappa shape index (κ3) is 11.1. The monoisotopic (exact) mass is 631 g/mol. The van der Waals surface area contributed by atoms with Gasteiger partial charge in [-0.3, -0.25) is 33.6 Å². The quantitative estimate of drug-likeness (QED) is 0.129. The van der Waals surface area contributed by atoms with Crippen LogP contribution in [0.2, 0.25) is 0 Å². The largest absolute Gasteiger partial charge is 0.481 e. The Morgan fingerprint density at radius 1 is 0.800 bits per heavy atom. The molecule has 16 heteroatoms. The number of aryl methyl sites for hydroxylation is 1. The highest BCUT2D eigenvalue weighted by Crippen LogP contribution is 2.21. The molecule has 7 N–H and O–H groups in total. The van der Waals surface area contributed by atoms with E-state index in [-0.39, 0.29) is 17.7 Å². The van der Waals surface area contributed by atoms with Crippen molar-refractivity contribution in [2.45, 2.75) is 78.0 Å². The maximum Gasteiger partial charge on any atom is 0.336 e. The Labute approximate surface area is 257 Å². The minimum absolute atomic E-state index is 0.158. The minimum atomic E-state index is -1.60. The van der Waals surface area contributed by atoms with Gasteiger partial charge in [0.2, 0.25) is 29.5 Å². The number of benzene rings is 1. The molecule has 0 saturated heterocycles. The standard InChI is InChI=1S/C29H37N5O11/c1-13(2)25(34-27(42)19(8-9-22(36)37)32-26(41)15(4)30-16(5)35)29(44)33-20(12-23(38)39)28(43)31-17-6-7-18-14(3)10-24(40)45-21(18)11-17/h6-7,10-11,13,15,19-20,25H,8-9,12H2,1-5H3,(H,30,35)(H,31,43)(H,32,41)(H,33,44)(H,34,42)(H,36,37)(H,38,39). The van der Waals surface area contributed by atoms with Crippen LogP contribution in [-0.2, 0) is 33.6 Å². The maximum atomic E-state index is 13.3. The fourth-order valence-electron chi connectivity index (χ4n) is 4.27. The first kappa shape index (κ1) is 35.9. The number of carboxylic acids is 2. The number of aliphatic carboxylic acids is 2. The number of carboxylic acid groups (broad SMARTS) is 2. The number of carbonyl (C=O) groups excluding carboxylic acids is 5. The van der Waals surface area contributed by atoms with E-state index in [4.69, 9.17) is 9.52 Å². The summed E-state index contributed by atoms with van der Waals surface area (Å²) in [5, 5.41) is 31.1. The van der Waals surface area contributed by atoms with Gasteiger partial charge in [-0.25, -0.2) is 4.79 Å². The highest BCUT2D eigenvalue weighted by atomic mass is 16.4. The Morgan fingerprint density at radius 2 is 1.44 bits per heavy atom. The SMILES string of the molecule is CC(=O)NC(C)C(=O)NC(CCC(=O)O)C(=O)NC(C(=O)NC(CC(=O)O)C(=O)Nc1ccc2c(C)cc(=O)oc2c1)C(C)C. The van der Waals surface area contributed by atoms with Crippen molar-refractivity contribution in [3.8, 4) is 0 Å². The van der Waals surface area contributed by atoms with Crippen LogP contribution in [0.25, 0.3) is 11.0 Å². The average molecular weight is 632 g/mol. The summed E-state index contributed by atoms with van der Waals surface area (Å²) in [7, 11) is 0. The number of hydrogen-bond acceptors (Lipinski definition) is 9. The molecule has 0 fully saturated rings. The van der Waals surface area contributed by atoms with Crippen molar-refractivity contribution in [1.82, 2.24) is 21.3 Å². The van der Waals surface area contributed by atoms with Crippen molar-refractivity contribution in [2.75, 3.05) is 5.32 Å². The second-order valence-electron chi connectivity index (χ2n) is 10.8. The molecular formula is C29H37N5O11. The molecule has 1 heterocycles. The summed E-state index contributed by atoms with van der Waals surface area (Å²) in [6, 6.07) is 0.371. The first-order valence-corrected chi connectivity index (χ1v) is 14.0. The molecule has 4 unspecified atom stereocenters. The normalized spacial score (nSPS) is 13.6. The summed E-state index contributed by atoms with van der Waals surface area (Å²) in [5.41, 5.74) is 0.373. The summed E-state index contributed by atoms with van der Waals surface area (Å²) in [5.74, 6) is -7.30. The Hall–Kier alpha value is -5.28. The number of rotatable bonds is 15. The van der Waals surface area contributed by atoms with Gasteiger partial charge >= 0.3 is 17.6 Å². The van der Waals surface area contributed by atoms with Crippen molar-refractivity contribution >= 4 is 58.1 Å². The lowest BCUT2D eigenvalue weighted by atomic mass is 10.0. The summed E-state index contributed by atoms with van der Waals surface area (Å²) >= 11 is 0. The molecule has 0 aliphatic heterocycles. The van der Waals surface area contributed by atoms with Crippen molar-refractivity contribution < 1.29 is 48.2 Å². The van der Waals surface area contributed by atoms with Gasteiger partial charge in [0, 0.05) is 36.6 Å². The van der Waals surface area contributed by atoms with E-state index in [0.717, 1.165) is 0 Å². The molecule has 2 aromatic rings. The van der Waals surface area contributed by atoms with E-state index in [0.29, 0.717) is 10.9 Å². The van der Waals surface area contributed by atoms with Crippen LogP contribution in [0, 0.1) is 12.8 Å². The van der Waals surface area contributed by atoms with Gasteiger partial charge in [-0.05, 0) is 43.9 Å². The molecule has 0 aliphatic rings. The summed E-state index contributed by atoms with van der Waals surface area (Å²) in [6.45, 7) is 7.37. The van der Waals surface area contributed by atoms with Gasteiger partial charge in [-0.1, -0.05) is 13.8 Å². The van der Waals surface area contributed by atoms with Crippen LogP contribution >= 0.6 is 0 Å². The van der Waals surface area contributed by atoms with Crippen LogP contribution in [0.4, 0.5) is 5.69 Å². The van der Waals surface area contributed by atoms with E-state index >= 15 is 0 Å². The number of anilines is 1. The molecule has 2 rings (SSSR count). The van der Waals surface area contributed by atoms with Crippen LogP contribution < -0.4 is 32.2 Å². The van der Waals surface area contributed by atoms with Crippen LogP contribution in [0.15, 0.2) is 33.5 Å². The predicted octanol–water partition coefficient (Wildman–Crippen LogP) is 0.0144. The van der Waals surface area contributed by atoms with E-state index in [1.807, 2.05) is 0 Å². The zero-order valence-electron chi connectivity index (χ0n) is 25.4. The van der Waals surface area contributed by atoms with E-state index in [1.165, 1.54) is 32.0 Å². The Balaban J connectivity index is 2.23. The van der Waals surface area contributed by atoms with Gasteiger partial charge in [0.15, 0.2) is 0 Å². The number of amides is 5. The fraction of sp³-hybridized carbons (Fsp3) is 0.448. The molecule has 0 spiro atoms. The topological polar surface area (TPSA) is 250 Å².